The minimum Gasteiger partial charge on any atom is -0.360 e. The van der Waals surface area contributed by atoms with Crippen LogP contribution in [0.2, 0.25) is 0 Å². The second-order valence-electron chi connectivity index (χ2n) is 9.57. The number of nitriles is 1. The largest absolute Gasteiger partial charge is 0.360 e. The lowest BCUT2D eigenvalue weighted by Gasteiger charge is -2.11. The lowest BCUT2D eigenvalue weighted by Crippen LogP contribution is -2.13. The fourth-order valence-corrected chi connectivity index (χ4v) is 5.01. The zero-order valence-electron chi connectivity index (χ0n) is 23.0. The molecule has 11 heteroatoms. The van der Waals surface area contributed by atoms with Gasteiger partial charge >= 0.3 is 0 Å². The molecule has 0 saturated heterocycles. The summed E-state index contributed by atoms with van der Waals surface area (Å²) in [5.74, 6) is 0.0923. The summed E-state index contributed by atoms with van der Waals surface area (Å²) >= 11 is 0. The van der Waals surface area contributed by atoms with E-state index in [2.05, 4.69) is 36.4 Å². The van der Waals surface area contributed by atoms with Crippen LogP contribution >= 0.6 is 0 Å². The Morgan fingerprint density at radius 1 is 1.05 bits per heavy atom. The maximum Gasteiger partial charge on any atom is 0.248 e. The molecule has 3 aromatic carbocycles. The number of aromatic nitrogens is 3. The summed E-state index contributed by atoms with van der Waals surface area (Å²) in [6.07, 6.45) is 6.60. The van der Waals surface area contributed by atoms with E-state index >= 15 is 0 Å². The number of amides is 1. The third-order valence-electron chi connectivity index (χ3n) is 6.16. The molecule has 0 radical (unpaired) electrons. The molecule has 0 spiro atoms. The van der Waals surface area contributed by atoms with Crippen molar-refractivity contribution in [2.24, 2.45) is 0 Å². The third kappa shape index (κ3) is 6.87. The van der Waals surface area contributed by atoms with E-state index in [1.165, 1.54) is 12.3 Å². The van der Waals surface area contributed by atoms with Crippen LogP contribution < -0.4 is 15.4 Å². The molecule has 5 rings (SSSR count). The molecular weight excluding hydrogens is 548 g/mol. The number of hydrogen-bond acceptors (Lipinski definition) is 7. The first-order valence-electron chi connectivity index (χ1n) is 13.0. The fourth-order valence-electron chi connectivity index (χ4n) is 4.17. The molecular formula is C31H28N8O2S. The molecule has 5 aromatic rings. The Bertz CT molecular complexity index is 1820. The van der Waals surface area contributed by atoms with E-state index < -0.39 is 11.0 Å². The summed E-state index contributed by atoms with van der Waals surface area (Å²) in [6.45, 7) is 0.667. The second-order valence-corrected chi connectivity index (χ2v) is 10.8. The van der Waals surface area contributed by atoms with Gasteiger partial charge in [-0.3, -0.25) is 4.79 Å². The maximum atomic E-state index is 13.0. The van der Waals surface area contributed by atoms with Gasteiger partial charge in [0.25, 0.3) is 0 Å². The van der Waals surface area contributed by atoms with E-state index in [1.54, 1.807) is 42.5 Å². The molecule has 10 nitrogen and oxygen atoms in total. The van der Waals surface area contributed by atoms with E-state index in [0.29, 0.717) is 45.7 Å². The predicted octanol–water partition coefficient (Wildman–Crippen LogP) is 5.43. The highest BCUT2D eigenvalue weighted by Crippen LogP contribution is 2.30. The number of aromatic amines is 1. The van der Waals surface area contributed by atoms with Crippen molar-refractivity contribution in [3.8, 4) is 17.3 Å². The van der Waals surface area contributed by atoms with Crippen LogP contribution in [0.25, 0.3) is 22.2 Å². The summed E-state index contributed by atoms with van der Waals surface area (Å²) in [5.41, 5.74) is 4.54. The van der Waals surface area contributed by atoms with E-state index in [1.807, 2.05) is 61.6 Å². The molecule has 0 saturated carbocycles. The van der Waals surface area contributed by atoms with Crippen molar-refractivity contribution >= 4 is 50.8 Å². The number of carbonyl (C=O) groups excluding carboxylic acids is 1. The molecule has 2 heterocycles. The number of hydrogen-bond donors (Lipinski definition) is 4. The summed E-state index contributed by atoms with van der Waals surface area (Å²) in [6, 6.07) is 24.0. The van der Waals surface area contributed by atoms with E-state index in [9.17, 15) is 14.3 Å². The minimum absolute atomic E-state index is 0.229. The number of nitrogens with one attached hydrogen (secondary N) is 4. The van der Waals surface area contributed by atoms with Crippen molar-refractivity contribution in [1.29, 1.82) is 5.26 Å². The van der Waals surface area contributed by atoms with Gasteiger partial charge in [0.2, 0.25) is 11.9 Å². The van der Waals surface area contributed by atoms with Crippen molar-refractivity contribution in [2.45, 2.75) is 4.90 Å². The first-order valence-corrected chi connectivity index (χ1v) is 14.2. The van der Waals surface area contributed by atoms with Gasteiger partial charge in [-0.05, 0) is 62.6 Å². The molecule has 0 fully saturated rings. The zero-order valence-corrected chi connectivity index (χ0v) is 23.8. The third-order valence-corrected chi connectivity index (χ3v) is 7.28. The van der Waals surface area contributed by atoms with Crippen LogP contribution in [0.3, 0.4) is 0 Å². The lowest BCUT2D eigenvalue weighted by atomic mass is 10.1. The van der Waals surface area contributed by atoms with Gasteiger partial charge in [0.1, 0.15) is 17.1 Å². The molecule has 4 N–H and O–H groups in total. The molecule has 0 bridgehead atoms. The van der Waals surface area contributed by atoms with E-state index in [0.717, 1.165) is 16.5 Å². The van der Waals surface area contributed by atoms with Gasteiger partial charge in [-0.1, -0.05) is 30.3 Å². The topological polar surface area (TPSA) is 139 Å². The van der Waals surface area contributed by atoms with E-state index in [4.69, 9.17) is 0 Å². The first kappa shape index (κ1) is 28.2. The van der Waals surface area contributed by atoms with Gasteiger partial charge in [0, 0.05) is 52.3 Å². The summed E-state index contributed by atoms with van der Waals surface area (Å²) < 4.78 is 16.0. The van der Waals surface area contributed by atoms with Gasteiger partial charge in [0.15, 0.2) is 0 Å². The number of fused-ring (bicyclic) bond motifs is 1. The van der Waals surface area contributed by atoms with Gasteiger partial charge in [-0.2, -0.15) is 5.26 Å². The van der Waals surface area contributed by atoms with Gasteiger partial charge in [-0.15, -0.1) is 0 Å². The minimum atomic E-state index is -1.54. The van der Waals surface area contributed by atoms with Crippen LogP contribution in [-0.2, 0) is 15.8 Å². The van der Waals surface area contributed by atoms with Gasteiger partial charge in [-0.25, -0.2) is 14.2 Å². The van der Waals surface area contributed by atoms with Crippen molar-refractivity contribution < 1.29 is 9.00 Å². The second kappa shape index (κ2) is 12.9. The lowest BCUT2D eigenvalue weighted by molar-refractivity contribution is -0.111. The molecule has 2 aromatic heterocycles. The molecule has 1 unspecified atom stereocenters. The molecule has 0 aliphatic carbocycles. The molecule has 210 valence electrons. The summed E-state index contributed by atoms with van der Waals surface area (Å²) in [4.78, 5) is 26.7. The van der Waals surface area contributed by atoms with Crippen LogP contribution in [0.5, 0.6) is 0 Å². The Hall–Kier alpha value is -5.31. The average molecular weight is 577 g/mol. The van der Waals surface area contributed by atoms with E-state index in [-0.39, 0.29) is 5.91 Å². The van der Waals surface area contributed by atoms with Gasteiger partial charge in [0.05, 0.1) is 22.3 Å². The Morgan fingerprint density at radius 2 is 1.83 bits per heavy atom. The monoisotopic (exact) mass is 576 g/mol. The standard InChI is InChI=1S/C31H28N8O2S/c1-39(2)16-6-11-29(40)35-22-12-14-25(15-13-22)42(41)38-24-8-5-7-23(17-24)36-31-34-19-21(18-32)30(37-31)27-20-33-28-10-4-3-9-26(27)28/h3-15,17,19-20,33,38H,16H2,1-2H3,(H,35,40)(H,34,36,37)/b11-6+. The average Bonchev–Trinajstić information content (AvgIpc) is 3.41. The number of nitrogens with zero attached hydrogens (tertiary/aromatic N) is 4. The smallest absolute Gasteiger partial charge is 0.248 e. The van der Waals surface area contributed by atoms with Crippen LogP contribution in [-0.4, -0.2) is 50.6 Å². The normalized spacial score (nSPS) is 11.9. The highest BCUT2D eigenvalue weighted by molar-refractivity contribution is 7.86. The number of para-hydroxylation sites is 1. The Morgan fingerprint density at radius 3 is 2.62 bits per heavy atom. The fraction of sp³-hybridized carbons (Fsp3) is 0.0968. The Labute approximate surface area is 245 Å². The number of likely N-dealkylation sites (N-methyl/N-ethyl adjacent to an activating group) is 1. The van der Waals surface area contributed by atoms with Crippen molar-refractivity contribution in [2.75, 3.05) is 36.0 Å². The number of carbonyl (C=O) groups is 1. The Kier molecular flexibility index (Phi) is 8.67. The number of rotatable bonds is 10. The van der Waals surface area contributed by atoms with Crippen LogP contribution in [0.4, 0.5) is 23.0 Å². The quantitative estimate of drug-likeness (QED) is 0.163. The molecule has 42 heavy (non-hydrogen) atoms. The van der Waals surface area contributed by atoms with Crippen molar-refractivity contribution in [3.63, 3.8) is 0 Å². The van der Waals surface area contributed by atoms with Crippen molar-refractivity contribution in [1.82, 2.24) is 19.9 Å². The molecule has 1 amide bonds. The zero-order chi connectivity index (χ0) is 29.5. The van der Waals surface area contributed by atoms with Crippen LogP contribution in [0, 0.1) is 11.3 Å². The van der Waals surface area contributed by atoms with Crippen LogP contribution in [0.15, 0.2) is 102 Å². The van der Waals surface area contributed by atoms with Crippen LogP contribution in [0.1, 0.15) is 5.56 Å². The highest BCUT2D eigenvalue weighted by Gasteiger charge is 2.14. The summed E-state index contributed by atoms with van der Waals surface area (Å²) in [7, 11) is 2.31. The van der Waals surface area contributed by atoms with Crippen molar-refractivity contribution in [3.05, 3.63) is 103 Å². The number of anilines is 4. The molecule has 1 atom stereocenters. The number of H-pyrrole nitrogens is 1. The first-order chi connectivity index (χ1) is 20.4. The Balaban J connectivity index is 1.26. The predicted molar refractivity (Wildman–Crippen MR) is 167 cm³/mol. The summed E-state index contributed by atoms with van der Waals surface area (Å²) in [5, 5.41) is 16.6. The van der Waals surface area contributed by atoms with Gasteiger partial charge < -0.3 is 25.2 Å². The molecule has 0 aliphatic heterocycles. The molecule has 0 aliphatic rings. The number of benzene rings is 3. The SMILES string of the molecule is CN(C)C/C=C/C(=O)Nc1ccc(S(=O)Nc2cccc(Nc3ncc(C#N)c(-c4c[nH]c5ccccc45)n3)c2)cc1. The maximum absolute atomic E-state index is 13.0. The highest BCUT2D eigenvalue weighted by atomic mass is 32.2.